The maximum atomic E-state index is 12.7. The molecule has 0 saturated heterocycles. The molecule has 23 heavy (non-hydrogen) atoms. The molecule has 1 aromatic rings. The SMILES string of the molecule is COc1cccc(OC)c1S(=O)(=O)NC1CCC(C(=O)O)CC1. The third-order valence-corrected chi connectivity index (χ3v) is 5.63. The summed E-state index contributed by atoms with van der Waals surface area (Å²) in [5.74, 6) is -0.804. The molecule has 2 N–H and O–H groups in total. The van der Waals surface area contributed by atoms with E-state index in [-0.39, 0.29) is 22.4 Å². The molecule has 1 fully saturated rings. The smallest absolute Gasteiger partial charge is 0.306 e. The molecule has 1 aromatic carbocycles. The van der Waals surface area contributed by atoms with Crippen molar-refractivity contribution in [3.63, 3.8) is 0 Å². The molecule has 0 bridgehead atoms. The van der Waals surface area contributed by atoms with Gasteiger partial charge in [0.05, 0.1) is 20.1 Å². The van der Waals surface area contributed by atoms with Crippen LogP contribution in [0.1, 0.15) is 25.7 Å². The predicted molar refractivity (Wildman–Crippen MR) is 83.2 cm³/mol. The molecule has 0 radical (unpaired) electrons. The minimum absolute atomic E-state index is 0.0367. The number of benzene rings is 1. The van der Waals surface area contributed by atoms with Crippen LogP contribution in [0.25, 0.3) is 0 Å². The average Bonchev–Trinajstić information content (AvgIpc) is 2.54. The van der Waals surface area contributed by atoms with Crippen molar-refractivity contribution in [1.29, 1.82) is 0 Å². The molecule has 0 aromatic heterocycles. The first kappa shape index (κ1) is 17.6. The number of carboxylic acids is 1. The number of nitrogens with one attached hydrogen (secondary N) is 1. The van der Waals surface area contributed by atoms with Crippen molar-refractivity contribution in [1.82, 2.24) is 4.72 Å². The van der Waals surface area contributed by atoms with Crippen molar-refractivity contribution in [2.75, 3.05) is 14.2 Å². The van der Waals surface area contributed by atoms with Gasteiger partial charge in [-0.1, -0.05) is 6.07 Å². The number of rotatable bonds is 6. The Kier molecular flexibility index (Phi) is 5.48. The van der Waals surface area contributed by atoms with Crippen molar-refractivity contribution in [3.8, 4) is 11.5 Å². The molecule has 0 heterocycles. The van der Waals surface area contributed by atoms with E-state index in [1.165, 1.54) is 14.2 Å². The van der Waals surface area contributed by atoms with E-state index in [1.807, 2.05) is 0 Å². The summed E-state index contributed by atoms with van der Waals surface area (Å²) in [6.45, 7) is 0. The van der Waals surface area contributed by atoms with Crippen LogP contribution in [-0.4, -0.2) is 39.8 Å². The monoisotopic (exact) mass is 343 g/mol. The fraction of sp³-hybridized carbons (Fsp3) is 0.533. The second-order valence-electron chi connectivity index (χ2n) is 5.50. The van der Waals surface area contributed by atoms with Gasteiger partial charge >= 0.3 is 5.97 Å². The minimum atomic E-state index is -3.83. The highest BCUT2D eigenvalue weighted by molar-refractivity contribution is 7.89. The molecule has 0 atom stereocenters. The lowest BCUT2D eigenvalue weighted by atomic mass is 9.87. The molecule has 0 unspecified atom stereocenters. The van der Waals surface area contributed by atoms with Crippen LogP contribution in [0, 0.1) is 5.92 Å². The number of aliphatic carboxylic acids is 1. The van der Waals surface area contributed by atoms with Gasteiger partial charge in [-0.05, 0) is 37.8 Å². The molecule has 128 valence electrons. The Balaban J connectivity index is 2.19. The molecule has 1 saturated carbocycles. The molecule has 2 rings (SSSR count). The van der Waals surface area contributed by atoms with Crippen molar-refractivity contribution in [3.05, 3.63) is 18.2 Å². The van der Waals surface area contributed by atoms with Crippen LogP contribution in [0.2, 0.25) is 0 Å². The van der Waals surface area contributed by atoms with Crippen LogP contribution >= 0.6 is 0 Å². The minimum Gasteiger partial charge on any atom is -0.495 e. The van der Waals surface area contributed by atoms with E-state index in [9.17, 15) is 13.2 Å². The third kappa shape index (κ3) is 3.94. The van der Waals surface area contributed by atoms with E-state index in [1.54, 1.807) is 18.2 Å². The summed E-state index contributed by atoms with van der Waals surface area (Å²) in [4.78, 5) is 10.9. The van der Waals surface area contributed by atoms with Crippen molar-refractivity contribution >= 4 is 16.0 Å². The Morgan fingerprint density at radius 3 is 2.09 bits per heavy atom. The number of ether oxygens (including phenoxy) is 2. The summed E-state index contributed by atoms with van der Waals surface area (Å²) in [6, 6.07) is 4.47. The maximum Gasteiger partial charge on any atom is 0.306 e. The van der Waals surface area contributed by atoms with Crippen LogP contribution in [0.4, 0.5) is 0 Å². The first-order valence-electron chi connectivity index (χ1n) is 7.35. The Bertz CT molecular complexity index is 642. The molecular formula is C15H21NO6S. The van der Waals surface area contributed by atoms with Gasteiger partial charge in [-0.15, -0.1) is 0 Å². The zero-order valence-corrected chi connectivity index (χ0v) is 13.9. The van der Waals surface area contributed by atoms with Gasteiger partial charge in [0.1, 0.15) is 11.5 Å². The van der Waals surface area contributed by atoms with Crippen LogP contribution in [0.3, 0.4) is 0 Å². The number of hydrogen-bond donors (Lipinski definition) is 2. The lowest BCUT2D eigenvalue weighted by molar-refractivity contribution is -0.142. The Hall–Kier alpha value is -1.80. The van der Waals surface area contributed by atoms with Gasteiger partial charge in [0.15, 0.2) is 4.90 Å². The van der Waals surface area contributed by atoms with Gasteiger partial charge in [0, 0.05) is 6.04 Å². The summed E-state index contributed by atoms with van der Waals surface area (Å²) < 4.78 is 38.3. The van der Waals surface area contributed by atoms with Crippen molar-refractivity contribution in [2.45, 2.75) is 36.6 Å². The number of hydrogen-bond acceptors (Lipinski definition) is 5. The highest BCUT2D eigenvalue weighted by atomic mass is 32.2. The lowest BCUT2D eigenvalue weighted by Gasteiger charge is -2.27. The van der Waals surface area contributed by atoms with E-state index < -0.39 is 21.9 Å². The highest BCUT2D eigenvalue weighted by Crippen LogP contribution is 2.34. The van der Waals surface area contributed by atoms with Crippen molar-refractivity contribution < 1.29 is 27.8 Å². The van der Waals surface area contributed by atoms with E-state index in [0.717, 1.165) is 0 Å². The van der Waals surface area contributed by atoms with Gasteiger partial charge in [-0.2, -0.15) is 0 Å². The van der Waals surface area contributed by atoms with Crippen LogP contribution in [0.5, 0.6) is 11.5 Å². The number of methoxy groups -OCH3 is 2. The predicted octanol–water partition coefficient (Wildman–Crippen LogP) is 1.63. The van der Waals surface area contributed by atoms with Crippen LogP contribution < -0.4 is 14.2 Å². The molecule has 0 aliphatic heterocycles. The zero-order valence-electron chi connectivity index (χ0n) is 13.1. The zero-order chi connectivity index (χ0) is 17.0. The van der Waals surface area contributed by atoms with E-state index >= 15 is 0 Å². The summed E-state index contributed by atoms with van der Waals surface area (Å²) in [7, 11) is -1.04. The normalized spacial score (nSPS) is 21.7. The summed E-state index contributed by atoms with van der Waals surface area (Å²) >= 11 is 0. The number of sulfonamides is 1. The Labute approximate surface area is 135 Å². The molecule has 1 aliphatic carbocycles. The first-order valence-corrected chi connectivity index (χ1v) is 8.83. The molecular weight excluding hydrogens is 322 g/mol. The summed E-state index contributed by atoms with van der Waals surface area (Å²) in [5, 5.41) is 9.00. The maximum absolute atomic E-state index is 12.7. The fourth-order valence-corrected chi connectivity index (χ4v) is 4.44. The number of carboxylic acid groups (broad SMARTS) is 1. The van der Waals surface area contributed by atoms with Gasteiger partial charge < -0.3 is 14.6 Å². The largest absolute Gasteiger partial charge is 0.495 e. The van der Waals surface area contributed by atoms with Gasteiger partial charge in [0.25, 0.3) is 0 Å². The van der Waals surface area contributed by atoms with Gasteiger partial charge in [-0.3, -0.25) is 4.79 Å². The third-order valence-electron chi connectivity index (χ3n) is 4.05. The second-order valence-corrected chi connectivity index (χ2v) is 7.15. The lowest BCUT2D eigenvalue weighted by Crippen LogP contribution is -2.38. The fourth-order valence-electron chi connectivity index (χ4n) is 2.82. The summed E-state index contributed by atoms with van der Waals surface area (Å²) in [6.07, 6.45) is 1.92. The molecule has 0 spiro atoms. The van der Waals surface area contributed by atoms with Crippen LogP contribution in [-0.2, 0) is 14.8 Å². The first-order chi connectivity index (χ1) is 10.9. The quantitative estimate of drug-likeness (QED) is 0.814. The summed E-state index contributed by atoms with van der Waals surface area (Å²) in [5.41, 5.74) is 0. The standard InChI is InChI=1S/C15H21NO6S/c1-21-12-4-3-5-13(22-2)14(12)23(19,20)16-11-8-6-10(7-9-11)15(17)18/h3-5,10-11,16H,6-9H2,1-2H3,(H,17,18). The number of carbonyl (C=O) groups is 1. The van der Waals surface area contributed by atoms with E-state index in [2.05, 4.69) is 4.72 Å². The van der Waals surface area contributed by atoms with Crippen molar-refractivity contribution in [2.24, 2.45) is 5.92 Å². The van der Waals surface area contributed by atoms with Crippen LogP contribution in [0.15, 0.2) is 23.1 Å². The molecule has 7 nitrogen and oxygen atoms in total. The van der Waals surface area contributed by atoms with Gasteiger partial charge in [0.2, 0.25) is 10.0 Å². The molecule has 0 amide bonds. The second kappa shape index (κ2) is 7.18. The van der Waals surface area contributed by atoms with E-state index in [4.69, 9.17) is 14.6 Å². The van der Waals surface area contributed by atoms with E-state index in [0.29, 0.717) is 25.7 Å². The Morgan fingerprint density at radius 1 is 1.13 bits per heavy atom. The molecule has 8 heteroatoms. The molecule has 1 aliphatic rings. The highest BCUT2D eigenvalue weighted by Gasteiger charge is 2.31. The topological polar surface area (TPSA) is 102 Å². The Morgan fingerprint density at radius 2 is 1.65 bits per heavy atom. The average molecular weight is 343 g/mol. The van der Waals surface area contributed by atoms with Gasteiger partial charge in [-0.25, -0.2) is 13.1 Å².